The minimum atomic E-state index is -1.12. The smallest absolute Gasteiger partial charge is 0.339 e. The van der Waals surface area contributed by atoms with Gasteiger partial charge in [0.25, 0.3) is 0 Å². The average Bonchev–Trinajstić information content (AvgIpc) is 3.95. The molecule has 4 heterocycles. The van der Waals surface area contributed by atoms with Gasteiger partial charge in [-0.3, -0.25) is 0 Å². The maximum absolute atomic E-state index is 12.7. The number of carbonyl (C=O) groups is 2. The van der Waals surface area contributed by atoms with E-state index >= 15 is 0 Å². The third kappa shape index (κ3) is 8.83. The molecule has 5 aromatic carbocycles. The van der Waals surface area contributed by atoms with E-state index in [-0.39, 0.29) is 42.7 Å². The zero-order valence-electron chi connectivity index (χ0n) is 35.5. The van der Waals surface area contributed by atoms with Crippen LogP contribution in [0, 0.1) is 0 Å². The summed E-state index contributed by atoms with van der Waals surface area (Å²) in [6.45, 7) is 8.00. The molecule has 2 unspecified atom stereocenters. The molecule has 0 aliphatic carbocycles. The van der Waals surface area contributed by atoms with E-state index in [9.17, 15) is 19.8 Å². The second-order valence-corrected chi connectivity index (χ2v) is 15.3. The first-order valence-electron chi connectivity index (χ1n) is 20.3. The Morgan fingerprint density at radius 3 is 1.51 bits per heavy atom. The number of carboxylic acids is 2. The molecule has 4 aliphatic heterocycles. The number of methoxy groups -OCH3 is 2. The Balaban J connectivity index is 0.000000177. The molecule has 4 aliphatic rings. The molecule has 0 bridgehead atoms. The van der Waals surface area contributed by atoms with Crippen molar-refractivity contribution in [1.29, 1.82) is 0 Å². The van der Waals surface area contributed by atoms with Gasteiger partial charge in [0.2, 0.25) is 13.6 Å². The van der Waals surface area contributed by atoms with Crippen LogP contribution in [0.5, 0.6) is 51.7 Å². The van der Waals surface area contributed by atoms with Gasteiger partial charge < -0.3 is 57.6 Å². The summed E-state index contributed by atoms with van der Waals surface area (Å²) in [6, 6.07) is 29.0. The molecule has 63 heavy (non-hydrogen) atoms. The maximum Gasteiger partial charge on any atom is 0.339 e. The number of fused-ring (bicyclic) bond motifs is 4. The molecule has 14 nitrogen and oxygen atoms in total. The largest absolute Gasteiger partial charge is 0.497 e. The Labute approximate surface area is 363 Å². The van der Waals surface area contributed by atoms with Gasteiger partial charge in [0, 0.05) is 16.7 Å². The Kier molecular flexibility index (Phi) is 12.0. The van der Waals surface area contributed by atoms with Crippen LogP contribution in [-0.4, -0.2) is 62.2 Å². The third-order valence-electron chi connectivity index (χ3n) is 10.4. The van der Waals surface area contributed by atoms with E-state index in [2.05, 4.69) is 0 Å². The molecular weight excluding hydrogens is 813 g/mol. The normalized spacial score (nSPS) is 16.6. The highest BCUT2D eigenvalue weighted by atomic mass is 16.7. The van der Waals surface area contributed by atoms with Crippen molar-refractivity contribution in [1.82, 2.24) is 0 Å². The summed E-state index contributed by atoms with van der Waals surface area (Å²) in [4.78, 5) is 24.8. The predicted octanol–water partition coefficient (Wildman–Crippen LogP) is 9.20. The van der Waals surface area contributed by atoms with E-state index in [0.29, 0.717) is 80.2 Å². The van der Waals surface area contributed by atoms with Crippen LogP contribution in [0.4, 0.5) is 0 Å². The number of allylic oxidation sites excluding steroid dienone is 1. The molecule has 326 valence electrons. The fourth-order valence-corrected chi connectivity index (χ4v) is 7.70. The maximum atomic E-state index is 12.7. The van der Waals surface area contributed by atoms with Gasteiger partial charge in [0.05, 0.1) is 37.6 Å². The first kappa shape index (κ1) is 42.2. The lowest BCUT2D eigenvalue weighted by Gasteiger charge is -2.30. The molecule has 14 heteroatoms. The monoisotopic (exact) mass is 858 g/mol. The third-order valence-corrected chi connectivity index (χ3v) is 10.4. The number of rotatable bonds is 12. The van der Waals surface area contributed by atoms with Crippen LogP contribution in [0.25, 0.3) is 11.3 Å². The van der Waals surface area contributed by atoms with Crippen molar-refractivity contribution >= 4 is 23.3 Å². The second-order valence-electron chi connectivity index (χ2n) is 15.3. The number of benzene rings is 5. The zero-order chi connectivity index (χ0) is 44.4. The van der Waals surface area contributed by atoms with Crippen molar-refractivity contribution in [2.24, 2.45) is 0 Å². The second kappa shape index (κ2) is 17.9. The number of hydrogen-bond acceptors (Lipinski definition) is 12. The van der Waals surface area contributed by atoms with Crippen molar-refractivity contribution < 1.29 is 67.2 Å². The van der Waals surface area contributed by atoms with Crippen molar-refractivity contribution in [3.8, 4) is 51.7 Å². The van der Waals surface area contributed by atoms with Crippen LogP contribution in [0.15, 0.2) is 108 Å². The molecular formula is C49H46O14. The summed E-state index contributed by atoms with van der Waals surface area (Å²) in [5.74, 6) is 3.54. The van der Waals surface area contributed by atoms with Crippen molar-refractivity contribution in [3.63, 3.8) is 0 Å². The summed E-state index contributed by atoms with van der Waals surface area (Å²) in [7, 11) is 3.06. The van der Waals surface area contributed by atoms with Gasteiger partial charge in [-0.1, -0.05) is 24.3 Å². The summed E-state index contributed by atoms with van der Waals surface area (Å²) in [5.41, 5.74) is 4.34. The van der Waals surface area contributed by atoms with Crippen molar-refractivity contribution in [2.75, 3.05) is 27.8 Å². The predicted molar refractivity (Wildman–Crippen MR) is 229 cm³/mol. The lowest BCUT2D eigenvalue weighted by molar-refractivity contribution is -0.134. The molecule has 9 rings (SSSR count). The standard InChI is InChI=1S/C28H26O7.C21H20O7/c1-16(2)34-20-9-11-23-21(14-20)22(12-17-4-7-19(31-3)8-5-17)26(28(29)30)27(35-23)18-6-10-24-25(13-18)33-15-32-24;1-11(2)27-13-5-7-15-14(9-13)20(24-3)18(21(22)23)19(28-15)12-4-6-16-17(8-12)26-10-25-16/h4-11,13-14,16,27H,12,15H2,1-3H3,(H,29,30);4-9,11,19H,10H2,1-3H3,(H,22,23). The minimum absolute atomic E-state index is 0.00978. The molecule has 0 radical (unpaired) electrons. The SMILES string of the molecule is COC1=C(C(=O)O)C(c2ccc3c(c2)OCO3)Oc2ccc(OC(C)C)cc21.COc1ccc(CC2=C(C(=O)O)C(c3ccc4c(c3)OCO4)Oc3ccc(OC(C)C)cc32)cc1. The highest BCUT2D eigenvalue weighted by Gasteiger charge is 2.38. The van der Waals surface area contributed by atoms with Gasteiger partial charge in [0.1, 0.15) is 40.1 Å². The van der Waals surface area contributed by atoms with Gasteiger partial charge in [-0.05, 0) is 118 Å². The Hall–Kier alpha value is -7.48. The van der Waals surface area contributed by atoms with Crippen LogP contribution in [0.1, 0.15) is 67.7 Å². The Morgan fingerprint density at radius 1 is 0.556 bits per heavy atom. The van der Waals surface area contributed by atoms with Crippen LogP contribution in [0.3, 0.4) is 0 Å². The number of ether oxygens (including phenoxy) is 10. The minimum Gasteiger partial charge on any atom is -0.497 e. The zero-order valence-corrected chi connectivity index (χ0v) is 35.5. The summed E-state index contributed by atoms with van der Waals surface area (Å²) >= 11 is 0. The van der Waals surface area contributed by atoms with Gasteiger partial charge >= 0.3 is 11.9 Å². The molecule has 0 saturated carbocycles. The van der Waals surface area contributed by atoms with E-state index in [1.807, 2.05) is 76.2 Å². The quantitative estimate of drug-likeness (QED) is 0.122. The van der Waals surface area contributed by atoms with Gasteiger partial charge in [0.15, 0.2) is 35.2 Å². The van der Waals surface area contributed by atoms with Crippen LogP contribution in [0.2, 0.25) is 0 Å². The fourth-order valence-electron chi connectivity index (χ4n) is 7.70. The summed E-state index contributed by atoms with van der Waals surface area (Å²) < 4.78 is 56.5. The van der Waals surface area contributed by atoms with E-state index in [0.717, 1.165) is 11.3 Å². The summed E-state index contributed by atoms with van der Waals surface area (Å²) in [5, 5.41) is 20.3. The van der Waals surface area contributed by atoms with Gasteiger partial charge in [-0.25, -0.2) is 9.59 Å². The summed E-state index contributed by atoms with van der Waals surface area (Å²) in [6.07, 6.45) is -1.32. The molecule has 2 atom stereocenters. The molecule has 0 saturated heterocycles. The van der Waals surface area contributed by atoms with Gasteiger partial charge in [-0.2, -0.15) is 0 Å². The molecule has 0 aromatic heterocycles. The lowest BCUT2D eigenvalue weighted by Crippen LogP contribution is -2.23. The average molecular weight is 859 g/mol. The van der Waals surface area contributed by atoms with E-state index in [4.69, 9.17) is 47.4 Å². The molecule has 0 fully saturated rings. The van der Waals surface area contributed by atoms with Crippen molar-refractivity contribution in [2.45, 2.75) is 58.5 Å². The van der Waals surface area contributed by atoms with Crippen LogP contribution in [-0.2, 0) is 20.7 Å². The lowest BCUT2D eigenvalue weighted by atomic mass is 9.86. The first-order chi connectivity index (χ1) is 30.4. The molecule has 5 aromatic rings. The molecule has 0 amide bonds. The Morgan fingerprint density at radius 2 is 1.02 bits per heavy atom. The van der Waals surface area contributed by atoms with E-state index in [1.54, 1.807) is 55.6 Å². The van der Waals surface area contributed by atoms with Crippen LogP contribution >= 0.6 is 0 Å². The number of carboxylic acid groups (broad SMARTS) is 2. The highest BCUT2D eigenvalue weighted by molar-refractivity contribution is 6.00. The fraction of sp³-hybridized carbons (Fsp3) is 0.265. The molecule has 2 N–H and O–H groups in total. The van der Waals surface area contributed by atoms with E-state index in [1.165, 1.54) is 7.11 Å². The highest BCUT2D eigenvalue weighted by Crippen LogP contribution is 2.48. The Bertz CT molecular complexity index is 2610. The topological polar surface area (TPSA) is 167 Å². The van der Waals surface area contributed by atoms with Crippen molar-refractivity contribution in [3.05, 3.63) is 136 Å². The van der Waals surface area contributed by atoms with Crippen LogP contribution < -0.4 is 42.6 Å². The number of aliphatic carboxylic acids is 2. The molecule has 0 spiro atoms. The van der Waals surface area contributed by atoms with Gasteiger partial charge in [-0.15, -0.1) is 0 Å². The first-order valence-corrected chi connectivity index (χ1v) is 20.3. The van der Waals surface area contributed by atoms with E-state index < -0.39 is 24.1 Å². The number of hydrogen-bond donors (Lipinski definition) is 2.